The van der Waals surface area contributed by atoms with Gasteiger partial charge >= 0.3 is 6.09 Å². The van der Waals surface area contributed by atoms with Crippen molar-refractivity contribution in [2.45, 2.75) is 64.8 Å². The molecule has 0 unspecified atom stereocenters. The Hall–Kier alpha value is -1.20. The van der Waals surface area contributed by atoms with Crippen LogP contribution >= 0.6 is 0 Å². The van der Waals surface area contributed by atoms with E-state index in [-0.39, 0.29) is 5.91 Å². The summed E-state index contributed by atoms with van der Waals surface area (Å²) in [6.45, 7) is 6.50. The molecule has 0 fully saturated rings. The first kappa shape index (κ1) is 18.8. The highest BCUT2D eigenvalue weighted by Gasteiger charge is 2.15. The smallest absolute Gasteiger partial charge is 0.407 e. The summed E-state index contributed by atoms with van der Waals surface area (Å²) in [7, 11) is 5.38. The lowest BCUT2D eigenvalue weighted by Gasteiger charge is -2.19. The molecule has 0 bridgehead atoms. The van der Waals surface area contributed by atoms with Crippen LogP contribution in [0.1, 0.15) is 52.9 Å². The standard InChI is InChI=1S/C14H27BN2O3/c1-14(2,3)20-13(19)17-11-7-10-16-12(18)8-5-4-6-9-15/h4-11H2,1-3H3,(H,16,18)(H,17,19). The number of unbranched alkanes of at least 4 members (excludes halogenated alkanes) is 2. The molecule has 2 radical (unpaired) electrons. The van der Waals surface area contributed by atoms with Crippen LogP contribution in [0.15, 0.2) is 0 Å². The maximum atomic E-state index is 11.4. The summed E-state index contributed by atoms with van der Waals surface area (Å²) in [5, 5.41) is 5.47. The van der Waals surface area contributed by atoms with E-state index in [0.717, 1.165) is 19.3 Å². The maximum absolute atomic E-state index is 11.4. The van der Waals surface area contributed by atoms with Gasteiger partial charge in [-0.3, -0.25) is 4.79 Å². The molecule has 0 spiro atoms. The molecule has 0 heterocycles. The Morgan fingerprint density at radius 3 is 2.25 bits per heavy atom. The van der Waals surface area contributed by atoms with E-state index in [1.165, 1.54) is 0 Å². The molecule has 0 saturated heterocycles. The number of carbonyl (C=O) groups is 2. The average Bonchev–Trinajstić information content (AvgIpc) is 2.32. The number of nitrogens with one attached hydrogen (secondary N) is 2. The van der Waals surface area contributed by atoms with Gasteiger partial charge in [-0.2, -0.15) is 0 Å². The third kappa shape index (κ3) is 13.2. The molecule has 5 nitrogen and oxygen atoms in total. The molecule has 0 atom stereocenters. The first-order valence-electron chi connectivity index (χ1n) is 7.29. The van der Waals surface area contributed by atoms with Crippen molar-refractivity contribution in [3.63, 3.8) is 0 Å². The van der Waals surface area contributed by atoms with Gasteiger partial charge in [0.1, 0.15) is 5.60 Å². The highest BCUT2D eigenvalue weighted by atomic mass is 16.6. The van der Waals surface area contributed by atoms with Gasteiger partial charge < -0.3 is 15.4 Å². The summed E-state index contributed by atoms with van der Waals surface area (Å²) in [5.41, 5.74) is -0.484. The quantitative estimate of drug-likeness (QED) is 0.503. The average molecular weight is 282 g/mol. The lowest BCUT2D eigenvalue weighted by molar-refractivity contribution is -0.121. The van der Waals surface area contributed by atoms with E-state index in [4.69, 9.17) is 12.6 Å². The summed E-state index contributed by atoms with van der Waals surface area (Å²) in [4.78, 5) is 22.8. The summed E-state index contributed by atoms with van der Waals surface area (Å²) >= 11 is 0. The molecule has 6 heteroatoms. The van der Waals surface area contributed by atoms with Gasteiger partial charge in [0.15, 0.2) is 0 Å². The van der Waals surface area contributed by atoms with Crippen LogP contribution in [0, 0.1) is 0 Å². The fourth-order valence-corrected chi connectivity index (χ4v) is 1.52. The third-order valence-electron chi connectivity index (χ3n) is 2.45. The minimum absolute atomic E-state index is 0.0549. The Bertz CT molecular complexity index is 291. The molecule has 0 aromatic heterocycles. The van der Waals surface area contributed by atoms with Crippen LogP contribution in [-0.2, 0) is 9.53 Å². The number of ether oxygens (including phenoxy) is 1. The van der Waals surface area contributed by atoms with Crippen LogP contribution in [0.2, 0.25) is 6.32 Å². The largest absolute Gasteiger partial charge is 0.444 e. The summed E-state index contributed by atoms with van der Waals surface area (Å²) < 4.78 is 5.09. The van der Waals surface area contributed by atoms with Gasteiger partial charge in [-0.05, 0) is 33.6 Å². The second kappa shape index (κ2) is 10.6. The summed E-state index contributed by atoms with van der Waals surface area (Å²) in [5.74, 6) is 0.0549. The lowest BCUT2D eigenvalue weighted by atomic mass is 9.99. The van der Waals surface area contributed by atoms with Gasteiger partial charge in [0.05, 0.1) is 7.85 Å². The number of amides is 2. The van der Waals surface area contributed by atoms with Crippen molar-refractivity contribution in [3.05, 3.63) is 0 Å². The van der Waals surface area contributed by atoms with E-state index < -0.39 is 11.7 Å². The fraction of sp³-hybridized carbons (Fsp3) is 0.857. The Morgan fingerprint density at radius 2 is 1.65 bits per heavy atom. The Kier molecular flexibility index (Phi) is 9.94. The predicted molar refractivity (Wildman–Crippen MR) is 80.9 cm³/mol. The van der Waals surface area contributed by atoms with Crippen molar-refractivity contribution < 1.29 is 14.3 Å². The lowest BCUT2D eigenvalue weighted by Crippen LogP contribution is -2.34. The molecule has 0 saturated carbocycles. The van der Waals surface area contributed by atoms with Crippen molar-refractivity contribution in [1.29, 1.82) is 0 Å². The molecule has 0 rings (SSSR count). The van der Waals surface area contributed by atoms with E-state index in [1.807, 2.05) is 20.8 Å². The maximum Gasteiger partial charge on any atom is 0.407 e. The van der Waals surface area contributed by atoms with Crippen molar-refractivity contribution in [2.24, 2.45) is 0 Å². The van der Waals surface area contributed by atoms with Crippen molar-refractivity contribution in [1.82, 2.24) is 10.6 Å². The highest BCUT2D eigenvalue weighted by Crippen LogP contribution is 2.06. The van der Waals surface area contributed by atoms with Crippen molar-refractivity contribution in [2.75, 3.05) is 13.1 Å². The zero-order valence-electron chi connectivity index (χ0n) is 13.0. The molecule has 2 N–H and O–H groups in total. The first-order chi connectivity index (χ1) is 9.35. The van der Waals surface area contributed by atoms with Crippen LogP contribution in [0.25, 0.3) is 0 Å². The van der Waals surface area contributed by atoms with E-state index in [0.29, 0.717) is 32.3 Å². The van der Waals surface area contributed by atoms with Crippen LogP contribution in [-0.4, -0.2) is 38.5 Å². The number of hydrogen-bond acceptors (Lipinski definition) is 3. The van der Waals surface area contributed by atoms with E-state index in [2.05, 4.69) is 10.6 Å². The molecule has 20 heavy (non-hydrogen) atoms. The Balaban J connectivity index is 3.43. The van der Waals surface area contributed by atoms with Gasteiger partial charge in [0, 0.05) is 19.5 Å². The Morgan fingerprint density at radius 1 is 1.00 bits per heavy atom. The van der Waals surface area contributed by atoms with E-state index in [1.54, 1.807) is 0 Å². The van der Waals surface area contributed by atoms with Gasteiger partial charge in [-0.1, -0.05) is 19.2 Å². The van der Waals surface area contributed by atoms with Gasteiger partial charge in [-0.15, -0.1) is 0 Å². The molecule has 0 aromatic carbocycles. The normalized spacial score (nSPS) is 10.9. The van der Waals surface area contributed by atoms with Gasteiger partial charge in [0.25, 0.3) is 0 Å². The van der Waals surface area contributed by atoms with Gasteiger partial charge in [0.2, 0.25) is 5.91 Å². The topological polar surface area (TPSA) is 67.4 Å². The second-order valence-electron chi connectivity index (χ2n) is 5.73. The zero-order valence-corrected chi connectivity index (χ0v) is 13.0. The summed E-state index contributed by atoms with van der Waals surface area (Å²) in [6, 6.07) is 0. The second-order valence-corrected chi connectivity index (χ2v) is 5.73. The first-order valence-corrected chi connectivity index (χ1v) is 7.29. The zero-order chi connectivity index (χ0) is 15.4. The van der Waals surface area contributed by atoms with Crippen molar-refractivity contribution >= 4 is 19.8 Å². The molecule has 114 valence electrons. The molecule has 2 amide bonds. The predicted octanol–water partition coefficient (Wildman–Crippen LogP) is 2.16. The third-order valence-corrected chi connectivity index (χ3v) is 2.45. The molecular weight excluding hydrogens is 255 g/mol. The number of rotatable bonds is 9. The molecule has 0 aromatic rings. The van der Waals surface area contributed by atoms with E-state index >= 15 is 0 Å². The van der Waals surface area contributed by atoms with Crippen LogP contribution in [0.5, 0.6) is 0 Å². The van der Waals surface area contributed by atoms with Crippen LogP contribution in [0.3, 0.4) is 0 Å². The number of alkyl carbamates (subject to hydrolysis) is 1. The molecular formula is C14H27BN2O3. The Labute approximate surface area is 123 Å². The minimum Gasteiger partial charge on any atom is -0.444 e. The fourth-order valence-electron chi connectivity index (χ4n) is 1.52. The van der Waals surface area contributed by atoms with E-state index in [9.17, 15) is 9.59 Å². The molecule has 0 aliphatic carbocycles. The molecule has 0 aliphatic rings. The summed E-state index contributed by atoms with van der Waals surface area (Å²) in [6.07, 6.45) is 4.31. The van der Waals surface area contributed by atoms with Crippen LogP contribution < -0.4 is 10.6 Å². The molecule has 0 aliphatic heterocycles. The number of hydrogen-bond donors (Lipinski definition) is 2. The SMILES string of the molecule is [B]CCCCCC(=O)NCCCNC(=O)OC(C)(C)C. The highest BCUT2D eigenvalue weighted by molar-refractivity contribution is 6.08. The van der Waals surface area contributed by atoms with Crippen LogP contribution in [0.4, 0.5) is 4.79 Å². The van der Waals surface area contributed by atoms with Gasteiger partial charge in [-0.25, -0.2) is 4.79 Å². The minimum atomic E-state index is -0.484. The monoisotopic (exact) mass is 282 g/mol. The number of carbonyl (C=O) groups excluding carboxylic acids is 2. The van der Waals surface area contributed by atoms with Crippen molar-refractivity contribution in [3.8, 4) is 0 Å².